The van der Waals surface area contributed by atoms with Crippen LogP contribution >= 0.6 is 0 Å². The van der Waals surface area contributed by atoms with Gasteiger partial charge in [0, 0.05) is 25.4 Å². The van der Waals surface area contributed by atoms with Crippen molar-refractivity contribution in [2.24, 2.45) is 5.73 Å². The van der Waals surface area contributed by atoms with Gasteiger partial charge in [0.1, 0.15) is 6.04 Å². The number of carbonyl (C=O) groups excluding carboxylic acids is 2. The summed E-state index contributed by atoms with van der Waals surface area (Å²) in [6.07, 6.45) is 5.13. The van der Waals surface area contributed by atoms with E-state index < -0.39 is 11.9 Å². The van der Waals surface area contributed by atoms with Gasteiger partial charge in [-0.05, 0) is 30.5 Å². The van der Waals surface area contributed by atoms with Gasteiger partial charge in [0.15, 0.2) is 0 Å². The van der Waals surface area contributed by atoms with E-state index >= 15 is 0 Å². The molecular weight excluding hydrogens is 282 g/mol. The number of hydrogen-bond donors (Lipinski definition) is 2. The third-order valence-corrected chi connectivity index (χ3v) is 3.79. The lowest BCUT2D eigenvalue weighted by Gasteiger charge is -2.23. The first-order valence-electron chi connectivity index (χ1n) is 7.21. The first-order valence-corrected chi connectivity index (χ1v) is 7.21. The third-order valence-electron chi connectivity index (χ3n) is 3.79. The normalized spacial score (nSPS) is 19.3. The van der Waals surface area contributed by atoms with Crippen LogP contribution in [0.1, 0.15) is 18.4 Å². The molecule has 2 amide bonds. The number of carbonyl (C=O) groups is 2. The van der Waals surface area contributed by atoms with Crippen LogP contribution in [-0.4, -0.2) is 46.9 Å². The highest BCUT2D eigenvalue weighted by atomic mass is 16.2. The summed E-state index contributed by atoms with van der Waals surface area (Å²) >= 11 is 0. The van der Waals surface area contributed by atoms with E-state index in [1.54, 1.807) is 24.5 Å². The van der Waals surface area contributed by atoms with E-state index in [2.05, 4.69) is 16.4 Å². The molecule has 7 heteroatoms. The molecule has 22 heavy (non-hydrogen) atoms. The molecule has 2 unspecified atom stereocenters. The molecule has 0 saturated carbocycles. The molecular formula is C15H19N5O2. The summed E-state index contributed by atoms with van der Waals surface area (Å²) in [6, 6.07) is 4.49. The Morgan fingerprint density at radius 3 is 2.86 bits per heavy atom. The van der Waals surface area contributed by atoms with Crippen molar-refractivity contribution >= 4 is 11.8 Å². The molecule has 2 heterocycles. The van der Waals surface area contributed by atoms with Gasteiger partial charge in [-0.3, -0.25) is 19.5 Å². The molecule has 1 aliphatic heterocycles. The van der Waals surface area contributed by atoms with Crippen molar-refractivity contribution in [3.63, 3.8) is 0 Å². The van der Waals surface area contributed by atoms with Crippen molar-refractivity contribution in [3.05, 3.63) is 30.1 Å². The fourth-order valence-electron chi connectivity index (χ4n) is 2.65. The summed E-state index contributed by atoms with van der Waals surface area (Å²) in [5.74, 6) is -0.819. The Morgan fingerprint density at radius 1 is 1.50 bits per heavy atom. The van der Waals surface area contributed by atoms with E-state index in [9.17, 15) is 9.59 Å². The minimum absolute atomic E-state index is 0.212. The highest BCUT2D eigenvalue weighted by Crippen LogP contribution is 2.17. The Hall–Kier alpha value is -2.46. The van der Waals surface area contributed by atoms with Crippen LogP contribution in [0, 0.1) is 11.3 Å². The zero-order chi connectivity index (χ0) is 15.9. The second-order valence-electron chi connectivity index (χ2n) is 5.31. The highest BCUT2D eigenvalue weighted by Gasteiger charge is 2.32. The van der Waals surface area contributed by atoms with Crippen LogP contribution in [-0.2, 0) is 16.0 Å². The number of rotatable bonds is 6. The number of amides is 2. The molecule has 1 aromatic rings. The van der Waals surface area contributed by atoms with Crippen LogP contribution in [0.25, 0.3) is 0 Å². The summed E-state index contributed by atoms with van der Waals surface area (Å²) in [4.78, 5) is 29.7. The van der Waals surface area contributed by atoms with Crippen molar-refractivity contribution in [2.75, 3.05) is 13.1 Å². The number of pyridine rings is 1. The van der Waals surface area contributed by atoms with E-state index in [0.717, 1.165) is 18.5 Å². The van der Waals surface area contributed by atoms with Crippen LogP contribution < -0.4 is 11.1 Å². The number of likely N-dealkylation sites (tertiary alicyclic amines) is 1. The van der Waals surface area contributed by atoms with Gasteiger partial charge in [-0.25, -0.2) is 0 Å². The minimum Gasteiger partial charge on any atom is -0.368 e. The molecule has 3 N–H and O–H groups in total. The topological polar surface area (TPSA) is 112 Å². The average molecular weight is 301 g/mol. The van der Waals surface area contributed by atoms with E-state index in [4.69, 9.17) is 11.0 Å². The minimum atomic E-state index is -0.764. The third kappa shape index (κ3) is 4.02. The lowest BCUT2D eigenvalue weighted by atomic mass is 10.1. The summed E-state index contributed by atoms with van der Waals surface area (Å²) < 4.78 is 0. The van der Waals surface area contributed by atoms with E-state index in [1.165, 1.54) is 0 Å². The second-order valence-corrected chi connectivity index (χ2v) is 5.31. The maximum atomic E-state index is 12.4. The predicted molar refractivity (Wildman–Crippen MR) is 79.3 cm³/mol. The molecule has 2 atom stereocenters. The number of primary amides is 1. The standard InChI is InChI=1S/C15H19N5O2/c16-5-9-20-8-1-2-13(20)15(22)19-12(14(17)21)10-11-3-6-18-7-4-11/h3-4,6-7,12-13H,1-2,8-10H2,(H2,17,21)(H,19,22). The maximum Gasteiger partial charge on any atom is 0.240 e. The number of nitrogens with one attached hydrogen (secondary N) is 1. The van der Waals surface area contributed by atoms with Gasteiger partial charge in [0.2, 0.25) is 11.8 Å². The molecule has 0 bridgehead atoms. The van der Waals surface area contributed by atoms with Crippen LogP contribution in [0.4, 0.5) is 0 Å². The SMILES string of the molecule is N#CCN1CCCC1C(=O)NC(Cc1ccncc1)C(N)=O. The number of nitrogens with zero attached hydrogens (tertiary/aromatic N) is 3. The summed E-state index contributed by atoms with van der Waals surface area (Å²) in [5.41, 5.74) is 6.26. The van der Waals surface area contributed by atoms with E-state index in [-0.39, 0.29) is 18.5 Å². The molecule has 0 radical (unpaired) electrons. The Morgan fingerprint density at radius 2 is 2.23 bits per heavy atom. The van der Waals surface area contributed by atoms with Gasteiger partial charge in [-0.1, -0.05) is 0 Å². The molecule has 0 spiro atoms. The molecule has 0 aliphatic carbocycles. The fourth-order valence-corrected chi connectivity index (χ4v) is 2.65. The van der Waals surface area contributed by atoms with Gasteiger partial charge in [0.05, 0.1) is 18.7 Å². The van der Waals surface area contributed by atoms with Crippen LogP contribution in [0.3, 0.4) is 0 Å². The molecule has 116 valence electrons. The number of hydrogen-bond acceptors (Lipinski definition) is 5. The first kappa shape index (κ1) is 15.9. The van der Waals surface area contributed by atoms with Crippen molar-refractivity contribution in [1.29, 1.82) is 5.26 Å². The maximum absolute atomic E-state index is 12.4. The van der Waals surface area contributed by atoms with Gasteiger partial charge < -0.3 is 11.1 Å². The Labute approximate surface area is 129 Å². The van der Waals surface area contributed by atoms with Gasteiger partial charge >= 0.3 is 0 Å². The van der Waals surface area contributed by atoms with Gasteiger partial charge in [-0.2, -0.15) is 5.26 Å². The quantitative estimate of drug-likeness (QED) is 0.693. The molecule has 0 aromatic carbocycles. The lowest BCUT2D eigenvalue weighted by molar-refractivity contribution is -0.130. The largest absolute Gasteiger partial charge is 0.368 e. The Kier molecular flexibility index (Phi) is 5.44. The Balaban J connectivity index is 2.00. The number of nitriles is 1. The number of nitrogens with two attached hydrogens (primary N) is 1. The van der Waals surface area contributed by atoms with Gasteiger partial charge in [-0.15, -0.1) is 0 Å². The van der Waals surface area contributed by atoms with Crippen LogP contribution in [0.5, 0.6) is 0 Å². The smallest absolute Gasteiger partial charge is 0.240 e. The zero-order valence-electron chi connectivity index (χ0n) is 12.2. The highest BCUT2D eigenvalue weighted by molar-refractivity contribution is 5.89. The lowest BCUT2D eigenvalue weighted by Crippen LogP contribution is -2.52. The van der Waals surface area contributed by atoms with E-state index in [0.29, 0.717) is 12.8 Å². The van der Waals surface area contributed by atoms with Crippen LogP contribution in [0.15, 0.2) is 24.5 Å². The first-order chi connectivity index (χ1) is 10.6. The molecule has 1 fully saturated rings. The molecule has 7 nitrogen and oxygen atoms in total. The molecule has 2 rings (SSSR count). The average Bonchev–Trinajstić information content (AvgIpc) is 2.96. The van der Waals surface area contributed by atoms with E-state index in [1.807, 2.05) is 4.90 Å². The molecule has 1 aromatic heterocycles. The fraction of sp³-hybridized carbons (Fsp3) is 0.467. The van der Waals surface area contributed by atoms with Crippen molar-refractivity contribution < 1.29 is 9.59 Å². The second kappa shape index (κ2) is 7.52. The van der Waals surface area contributed by atoms with Crippen molar-refractivity contribution in [2.45, 2.75) is 31.3 Å². The molecule has 1 aliphatic rings. The zero-order valence-corrected chi connectivity index (χ0v) is 12.2. The summed E-state index contributed by atoms with van der Waals surface area (Å²) in [6.45, 7) is 0.931. The summed E-state index contributed by atoms with van der Waals surface area (Å²) in [7, 11) is 0. The van der Waals surface area contributed by atoms with Crippen molar-refractivity contribution in [3.8, 4) is 6.07 Å². The Bertz CT molecular complexity index is 569. The predicted octanol–water partition coefficient (Wildman–Crippen LogP) is -0.418. The monoisotopic (exact) mass is 301 g/mol. The number of aromatic nitrogens is 1. The van der Waals surface area contributed by atoms with Crippen molar-refractivity contribution in [1.82, 2.24) is 15.2 Å². The van der Waals surface area contributed by atoms with Gasteiger partial charge in [0.25, 0.3) is 0 Å². The molecule has 1 saturated heterocycles. The van der Waals surface area contributed by atoms with Crippen LogP contribution in [0.2, 0.25) is 0 Å². The summed E-state index contributed by atoms with van der Waals surface area (Å²) in [5, 5.41) is 11.5.